The van der Waals surface area contributed by atoms with Crippen molar-refractivity contribution in [3.8, 4) is 11.5 Å². The number of oxazole rings is 1. The first-order valence-corrected chi connectivity index (χ1v) is 5.61. The molecule has 0 fully saturated rings. The minimum Gasteiger partial charge on any atom is -0.478 e. The standard InChI is InChI=1S/C13H7N3O4/c17-13(18)8-4-7(5-9(6-8)16-19)12-15-11-10(20-12)2-1-3-14-11/h1-6H,(H,17,18). The third-order valence-corrected chi connectivity index (χ3v) is 2.68. The second kappa shape index (κ2) is 4.54. The molecule has 0 aliphatic rings. The molecule has 0 amide bonds. The number of aromatic nitrogens is 2. The lowest BCUT2D eigenvalue weighted by molar-refractivity contribution is 0.0697. The van der Waals surface area contributed by atoms with Crippen LogP contribution in [0.1, 0.15) is 10.4 Å². The molecule has 3 rings (SSSR count). The van der Waals surface area contributed by atoms with E-state index < -0.39 is 5.97 Å². The number of benzene rings is 1. The highest BCUT2D eigenvalue weighted by molar-refractivity contribution is 5.90. The van der Waals surface area contributed by atoms with E-state index in [2.05, 4.69) is 15.1 Å². The normalized spacial score (nSPS) is 10.6. The molecule has 1 N–H and O–H groups in total. The van der Waals surface area contributed by atoms with Crippen LogP contribution < -0.4 is 0 Å². The van der Waals surface area contributed by atoms with Crippen LogP contribution in [0.2, 0.25) is 0 Å². The molecule has 2 heterocycles. The van der Waals surface area contributed by atoms with Gasteiger partial charge in [0.05, 0.1) is 5.56 Å². The number of fused-ring (bicyclic) bond motifs is 1. The fraction of sp³-hybridized carbons (Fsp3) is 0. The maximum atomic E-state index is 11.0. The van der Waals surface area contributed by atoms with E-state index in [0.29, 0.717) is 16.8 Å². The third-order valence-electron chi connectivity index (χ3n) is 2.68. The van der Waals surface area contributed by atoms with Gasteiger partial charge in [-0.2, -0.15) is 4.98 Å². The van der Waals surface area contributed by atoms with Crippen molar-refractivity contribution >= 4 is 22.9 Å². The van der Waals surface area contributed by atoms with Crippen LogP contribution in [0.3, 0.4) is 0 Å². The second-order valence-corrected chi connectivity index (χ2v) is 4.01. The summed E-state index contributed by atoms with van der Waals surface area (Å²) in [5.41, 5.74) is 1.17. The zero-order valence-corrected chi connectivity index (χ0v) is 9.98. The van der Waals surface area contributed by atoms with Gasteiger partial charge in [0, 0.05) is 11.8 Å². The number of carbonyl (C=O) groups is 1. The van der Waals surface area contributed by atoms with Gasteiger partial charge >= 0.3 is 5.97 Å². The van der Waals surface area contributed by atoms with E-state index in [1.807, 2.05) is 0 Å². The highest BCUT2D eigenvalue weighted by Gasteiger charge is 2.13. The van der Waals surface area contributed by atoms with Crippen LogP contribution in [0.15, 0.2) is 46.1 Å². The predicted molar refractivity (Wildman–Crippen MR) is 69.7 cm³/mol. The molecule has 2 aromatic heterocycles. The minimum absolute atomic E-state index is 0.00452. The molecule has 7 nitrogen and oxygen atoms in total. The summed E-state index contributed by atoms with van der Waals surface area (Å²) < 4.78 is 5.48. The Hall–Kier alpha value is -3.09. The SMILES string of the molecule is O=Nc1cc(C(=O)O)cc(-c2nc3ncccc3o2)c1. The summed E-state index contributed by atoms with van der Waals surface area (Å²) in [6.07, 6.45) is 1.57. The van der Waals surface area contributed by atoms with Crippen molar-refractivity contribution in [1.29, 1.82) is 0 Å². The van der Waals surface area contributed by atoms with E-state index in [9.17, 15) is 9.70 Å². The van der Waals surface area contributed by atoms with Gasteiger partial charge in [-0.05, 0) is 35.5 Å². The fourth-order valence-electron chi connectivity index (χ4n) is 1.80. The largest absolute Gasteiger partial charge is 0.478 e. The smallest absolute Gasteiger partial charge is 0.335 e. The number of hydrogen-bond acceptors (Lipinski definition) is 6. The fourth-order valence-corrected chi connectivity index (χ4v) is 1.80. The zero-order valence-electron chi connectivity index (χ0n) is 9.98. The van der Waals surface area contributed by atoms with Gasteiger partial charge in [-0.3, -0.25) is 0 Å². The van der Waals surface area contributed by atoms with Crippen LogP contribution in [0.5, 0.6) is 0 Å². The molecule has 0 saturated carbocycles. The number of rotatable bonds is 3. The van der Waals surface area contributed by atoms with Gasteiger partial charge in [-0.1, -0.05) is 0 Å². The first-order valence-electron chi connectivity index (χ1n) is 5.61. The number of carboxylic acid groups (broad SMARTS) is 1. The van der Waals surface area contributed by atoms with Gasteiger partial charge in [0.25, 0.3) is 0 Å². The Morgan fingerprint density at radius 2 is 2.15 bits per heavy atom. The molecule has 20 heavy (non-hydrogen) atoms. The van der Waals surface area contributed by atoms with Crippen molar-refractivity contribution < 1.29 is 14.3 Å². The molecule has 7 heteroatoms. The summed E-state index contributed by atoms with van der Waals surface area (Å²) in [7, 11) is 0. The molecule has 0 spiro atoms. The maximum Gasteiger partial charge on any atom is 0.335 e. The molecule has 0 aliphatic carbocycles. The number of aromatic carboxylic acids is 1. The monoisotopic (exact) mass is 269 g/mol. The number of pyridine rings is 1. The van der Waals surface area contributed by atoms with Crippen molar-refractivity contribution in [2.45, 2.75) is 0 Å². The third kappa shape index (κ3) is 2.01. The number of nitroso groups, excluding NO2 is 1. The molecule has 0 saturated heterocycles. The molecule has 0 aliphatic heterocycles. The average molecular weight is 269 g/mol. The second-order valence-electron chi connectivity index (χ2n) is 4.01. The lowest BCUT2D eigenvalue weighted by Crippen LogP contribution is -1.96. The van der Waals surface area contributed by atoms with E-state index in [0.717, 1.165) is 0 Å². The van der Waals surface area contributed by atoms with Gasteiger partial charge in [0.15, 0.2) is 11.2 Å². The van der Waals surface area contributed by atoms with Crippen LogP contribution in [0.25, 0.3) is 22.7 Å². The van der Waals surface area contributed by atoms with Gasteiger partial charge < -0.3 is 9.52 Å². The maximum absolute atomic E-state index is 11.0. The van der Waals surface area contributed by atoms with Crippen molar-refractivity contribution in [1.82, 2.24) is 9.97 Å². The molecule has 98 valence electrons. The van der Waals surface area contributed by atoms with E-state index in [4.69, 9.17) is 9.52 Å². The van der Waals surface area contributed by atoms with E-state index in [-0.39, 0.29) is 17.1 Å². The Labute approximate surface area is 111 Å². The van der Waals surface area contributed by atoms with Crippen LogP contribution >= 0.6 is 0 Å². The Balaban J connectivity index is 2.19. The summed E-state index contributed by atoms with van der Waals surface area (Å²) in [4.78, 5) is 29.8. The molecule has 0 bridgehead atoms. The van der Waals surface area contributed by atoms with E-state index in [1.165, 1.54) is 18.2 Å². The topological polar surface area (TPSA) is 106 Å². The Morgan fingerprint density at radius 3 is 2.85 bits per heavy atom. The van der Waals surface area contributed by atoms with Crippen LogP contribution in [0, 0.1) is 4.91 Å². The van der Waals surface area contributed by atoms with Gasteiger partial charge in [0.2, 0.25) is 5.89 Å². The summed E-state index contributed by atoms with van der Waals surface area (Å²) in [5.74, 6) is -0.974. The Morgan fingerprint density at radius 1 is 1.30 bits per heavy atom. The van der Waals surface area contributed by atoms with Crippen LogP contribution in [0.4, 0.5) is 5.69 Å². The summed E-state index contributed by atoms with van der Waals surface area (Å²) in [6, 6.07) is 7.34. The summed E-state index contributed by atoms with van der Waals surface area (Å²) in [5, 5.41) is 11.8. The first-order chi connectivity index (χ1) is 9.67. The zero-order chi connectivity index (χ0) is 14.1. The number of nitrogens with zero attached hydrogens (tertiary/aromatic N) is 3. The molecule has 0 atom stereocenters. The minimum atomic E-state index is -1.16. The number of carboxylic acids is 1. The van der Waals surface area contributed by atoms with E-state index >= 15 is 0 Å². The van der Waals surface area contributed by atoms with Crippen LogP contribution in [-0.4, -0.2) is 21.0 Å². The number of hydrogen-bond donors (Lipinski definition) is 1. The summed E-state index contributed by atoms with van der Waals surface area (Å²) >= 11 is 0. The Kier molecular flexibility index (Phi) is 2.72. The molecular weight excluding hydrogens is 262 g/mol. The molecule has 1 aromatic carbocycles. The van der Waals surface area contributed by atoms with E-state index in [1.54, 1.807) is 18.3 Å². The first kappa shape index (κ1) is 12.0. The Bertz CT molecular complexity index is 792. The van der Waals surface area contributed by atoms with Gasteiger partial charge in [-0.25, -0.2) is 9.78 Å². The predicted octanol–water partition coefficient (Wildman–Crippen LogP) is 2.99. The highest BCUT2D eigenvalue weighted by atomic mass is 16.4. The van der Waals surface area contributed by atoms with Crippen molar-refractivity contribution in [3.63, 3.8) is 0 Å². The summed E-state index contributed by atoms with van der Waals surface area (Å²) in [6.45, 7) is 0. The molecule has 0 unspecified atom stereocenters. The highest BCUT2D eigenvalue weighted by Crippen LogP contribution is 2.28. The van der Waals surface area contributed by atoms with Gasteiger partial charge in [-0.15, -0.1) is 4.91 Å². The van der Waals surface area contributed by atoms with Crippen molar-refractivity contribution in [3.05, 3.63) is 47.0 Å². The van der Waals surface area contributed by atoms with Crippen molar-refractivity contribution in [2.75, 3.05) is 0 Å². The quantitative estimate of drug-likeness (QED) is 0.732. The molecule has 3 aromatic rings. The van der Waals surface area contributed by atoms with Crippen molar-refractivity contribution in [2.24, 2.45) is 5.18 Å². The molecular formula is C13H7N3O4. The van der Waals surface area contributed by atoms with Crippen LogP contribution in [-0.2, 0) is 0 Å². The lowest BCUT2D eigenvalue weighted by atomic mass is 10.1. The van der Waals surface area contributed by atoms with Gasteiger partial charge in [0.1, 0.15) is 5.69 Å². The average Bonchev–Trinajstić information content (AvgIpc) is 2.90. The molecule has 0 radical (unpaired) electrons. The lowest BCUT2D eigenvalue weighted by Gasteiger charge is -1.99.